The van der Waals surface area contributed by atoms with E-state index in [1.807, 2.05) is 0 Å². The van der Waals surface area contributed by atoms with Crippen LogP contribution in [-0.2, 0) is 11.8 Å². The van der Waals surface area contributed by atoms with Gasteiger partial charge in [0.05, 0.1) is 0 Å². The summed E-state index contributed by atoms with van der Waals surface area (Å²) in [6, 6.07) is 0. The van der Waals surface area contributed by atoms with Gasteiger partial charge in [-0.2, -0.15) is 0 Å². The molecule has 1 atom stereocenters. The van der Waals surface area contributed by atoms with Crippen molar-refractivity contribution in [2.75, 3.05) is 6.66 Å². The largest absolute Gasteiger partial charge is 0.244 e. The molecule has 1 heterocycles. The molecular weight excluding hydrogens is 215 g/mol. The van der Waals surface area contributed by atoms with Gasteiger partial charge in [0.25, 0.3) is 0 Å². The normalized spacial score (nSPS) is 15.2. The summed E-state index contributed by atoms with van der Waals surface area (Å²) in [5.74, 6) is 0. The highest BCUT2D eigenvalue weighted by atomic mass is 31.1. The van der Waals surface area contributed by atoms with Crippen LogP contribution in [0.2, 0.25) is 0 Å². The first-order valence-corrected chi connectivity index (χ1v) is 7.87. The van der Waals surface area contributed by atoms with Gasteiger partial charge in [0.15, 0.2) is 0 Å². The molecule has 1 rings (SSSR count). The standard InChI is InChI=1S/C13H26N2P/c1-12(2,3)15-9-8-14(10-15)11-16(7)13(4,5)6/h8-10H,11H2,1-7H3/q+1/t16-/m1/s1. The van der Waals surface area contributed by atoms with Gasteiger partial charge in [-0.15, -0.1) is 0 Å². The second kappa shape index (κ2) is 4.49. The van der Waals surface area contributed by atoms with Gasteiger partial charge in [0.2, 0.25) is 6.33 Å². The number of nitrogens with zero attached hydrogens (tertiary/aromatic N) is 2. The lowest BCUT2D eigenvalue weighted by atomic mass is 10.1. The van der Waals surface area contributed by atoms with Gasteiger partial charge in [0.1, 0.15) is 24.2 Å². The second-order valence-corrected chi connectivity index (χ2v) is 9.54. The molecule has 0 bridgehead atoms. The molecule has 2 nitrogen and oxygen atoms in total. The first kappa shape index (κ1) is 13.7. The first-order chi connectivity index (χ1) is 7.10. The van der Waals surface area contributed by atoms with Gasteiger partial charge in [-0.1, -0.05) is 28.7 Å². The van der Waals surface area contributed by atoms with Crippen molar-refractivity contribution in [3.63, 3.8) is 0 Å². The van der Waals surface area contributed by atoms with Crippen molar-refractivity contribution in [2.45, 2.75) is 58.5 Å². The molecule has 0 spiro atoms. The summed E-state index contributed by atoms with van der Waals surface area (Å²) in [5.41, 5.74) is 0.184. The number of rotatable bonds is 2. The zero-order chi connectivity index (χ0) is 12.6. The van der Waals surface area contributed by atoms with E-state index < -0.39 is 0 Å². The van der Waals surface area contributed by atoms with Crippen molar-refractivity contribution in [1.29, 1.82) is 0 Å². The van der Waals surface area contributed by atoms with E-state index in [0.29, 0.717) is 5.16 Å². The maximum Gasteiger partial charge on any atom is 0.244 e. The number of aromatic nitrogens is 2. The summed E-state index contributed by atoms with van der Waals surface area (Å²) in [6.45, 7) is 16.1. The summed E-state index contributed by atoms with van der Waals surface area (Å²) >= 11 is 0. The molecule has 0 aromatic carbocycles. The molecule has 0 saturated carbocycles. The van der Waals surface area contributed by atoms with Crippen LogP contribution in [0.5, 0.6) is 0 Å². The van der Waals surface area contributed by atoms with Gasteiger partial charge in [0, 0.05) is 0 Å². The van der Waals surface area contributed by atoms with Crippen LogP contribution in [0.25, 0.3) is 0 Å². The Hall–Kier alpha value is -0.360. The molecule has 92 valence electrons. The fraction of sp³-hybridized carbons (Fsp3) is 0.769. The third-order valence-corrected chi connectivity index (χ3v) is 6.03. The first-order valence-electron chi connectivity index (χ1n) is 5.89. The monoisotopic (exact) mass is 241 g/mol. The molecule has 3 heteroatoms. The number of hydrogen-bond acceptors (Lipinski definition) is 0. The molecule has 0 amide bonds. The predicted molar refractivity (Wildman–Crippen MR) is 72.2 cm³/mol. The Morgan fingerprint density at radius 3 is 2.06 bits per heavy atom. The molecule has 0 saturated heterocycles. The fourth-order valence-corrected chi connectivity index (χ4v) is 2.41. The van der Waals surface area contributed by atoms with Gasteiger partial charge in [-0.25, -0.2) is 9.13 Å². The Balaban J connectivity index is 2.74. The van der Waals surface area contributed by atoms with Crippen LogP contribution >= 0.6 is 7.92 Å². The van der Waals surface area contributed by atoms with E-state index in [9.17, 15) is 0 Å². The lowest BCUT2D eigenvalue weighted by molar-refractivity contribution is -0.677. The SMILES string of the molecule is C[P@](C[n+]1ccn(C(C)(C)C)c1)C(C)(C)C. The lowest BCUT2D eigenvalue weighted by Gasteiger charge is -2.26. The summed E-state index contributed by atoms with van der Waals surface area (Å²) < 4.78 is 4.60. The zero-order valence-corrected chi connectivity index (χ0v) is 12.7. The van der Waals surface area contributed by atoms with Crippen molar-refractivity contribution in [3.05, 3.63) is 18.7 Å². The summed E-state index contributed by atoms with van der Waals surface area (Å²) in [6.07, 6.45) is 7.74. The molecular formula is C13H26N2P+. The van der Waals surface area contributed by atoms with Crippen molar-refractivity contribution in [2.24, 2.45) is 0 Å². The molecule has 0 radical (unpaired) electrons. The van der Waals surface area contributed by atoms with E-state index in [-0.39, 0.29) is 13.5 Å². The Bertz CT molecular complexity index is 342. The van der Waals surface area contributed by atoms with Gasteiger partial charge >= 0.3 is 0 Å². The average Bonchev–Trinajstić information content (AvgIpc) is 2.49. The minimum atomic E-state index is 0.0292. The highest BCUT2D eigenvalue weighted by Crippen LogP contribution is 2.45. The van der Waals surface area contributed by atoms with Crippen LogP contribution in [0, 0.1) is 0 Å². The van der Waals surface area contributed by atoms with Crippen molar-refractivity contribution in [1.82, 2.24) is 4.57 Å². The van der Waals surface area contributed by atoms with Gasteiger partial charge in [-0.3, -0.25) is 0 Å². The number of imidazole rings is 1. The van der Waals surface area contributed by atoms with Crippen LogP contribution in [0.15, 0.2) is 18.7 Å². The Morgan fingerprint density at radius 1 is 1.12 bits per heavy atom. The van der Waals surface area contributed by atoms with E-state index in [1.54, 1.807) is 0 Å². The second-order valence-electron chi connectivity index (χ2n) is 6.52. The minimum absolute atomic E-state index is 0.0292. The smallest absolute Gasteiger partial charge is 0.233 e. The highest BCUT2D eigenvalue weighted by Gasteiger charge is 2.23. The van der Waals surface area contributed by atoms with E-state index in [2.05, 4.69) is 76.1 Å². The van der Waals surface area contributed by atoms with E-state index in [1.165, 1.54) is 0 Å². The van der Waals surface area contributed by atoms with Crippen molar-refractivity contribution < 1.29 is 4.57 Å². The van der Waals surface area contributed by atoms with Crippen LogP contribution < -0.4 is 4.57 Å². The summed E-state index contributed by atoms with van der Waals surface area (Å²) in [4.78, 5) is 0. The minimum Gasteiger partial charge on any atom is -0.233 e. The van der Waals surface area contributed by atoms with Crippen LogP contribution in [-0.4, -0.2) is 16.4 Å². The molecule has 0 aliphatic rings. The van der Waals surface area contributed by atoms with Crippen molar-refractivity contribution in [3.8, 4) is 0 Å². The maximum absolute atomic E-state index is 2.39. The maximum atomic E-state index is 2.39. The summed E-state index contributed by atoms with van der Waals surface area (Å²) in [7, 11) is 0.0292. The average molecular weight is 241 g/mol. The van der Waals surface area contributed by atoms with Crippen LogP contribution in [0.1, 0.15) is 41.5 Å². The molecule has 16 heavy (non-hydrogen) atoms. The quantitative estimate of drug-likeness (QED) is 0.554. The van der Waals surface area contributed by atoms with Gasteiger partial charge in [-0.05, 0) is 32.6 Å². The molecule has 0 fully saturated rings. The zero-order valence-electron chi connectivity index (χ0n) is 11.8. The predicted octanol–water partition coefficient (Wildman–Crippen LogP) is 3.40. The van der Waals surface area contributed by atoms with E-state index >= 15 is 0 Å². The molecule has 0 aliphatic heterocycles. The Labute approximate surface area is 101 Å². The van der Waals surface area contributed by atoms with Crippen molar-refractivity contribution >= 4 is 7.92 Å². The molecule has 0 aliphatic carbocycles. The highest BCUT2D eigenvalue weighted by molar-refractivity contribution is 7.57. The third-order valence-electron chi connectivity index (χ3n) is 2.99. The Morgan fingerprint density at radius 2 is 1.69 bits per heavy atom. The lowest BCUT2D eigenvalue weighted by Crippen LogP contribution is -2.34. The third kappa shape index (κ3) is 3.59. The topological polar surface area (TPSA) is 8.81 Å². The molecule has 1 aromatic rings. The molecule has 0 unspecified atom stereocenters. The summed E-state index contributed by atoms with van der Waals surface area (Å²) in [5, 5.41) is 0.437. The van der Waals surface area contributed by atoms with E-state index in [0.717, 1.165) is 6.29 Å². The fourth-order valence-electron chi connectivity index (χ4n) is 1.33. The number of hydrogen-bond donors (Lipinski definition) is 0. The van der Waals surface area contributed by atoms with Crippen LogP contribution in [0.3, 0.4) is 0 Å². The molecule has 1 aromatic heterocycles. The molecule has 0 N–H and O–H groups in total. The van der Waals surface area contributed by atoms with Crippen LogP contribution in [0.4, 0.5) is 0 Å². The van der Waals surface area contributed by atoms with E-state index in [4.69, 9.17) is 0 Å². The Kier molecular flexibility index (Phi) is 3.84. The van der Waals surface area contributed by atoms with Gasteiger partial charge < -0.3 is 0 Å².